The van der Waals surface area contributed by atoms with Gasteiger partial charge in [-0.2, -0.15) is 5.10 Å². The molecule has 8 heteroatoms. The van der Waals surface area contributed by atoms with Gasteiger partial charge in [-0.25, -0.2) is 4.79 Å². The molecule has 1 aliphatic rings. The first-order valence-corrected chi connectivity index (χ1v) is 10.9. The van der Waals surface area contributed by atoms with Crippen molar-refractivity contribution in [2.75, 3.05) is 16.3 Å². The minimum Gasteiger partial charge on any atom is -0.443 e. The van der Waals surface area contributed by atoms with Crippen LogP contribution < -0.4 is 9.80 Å². The van der Waals surface area contributed by atoms with Crippen molar-refractivity contribution in [2.24, 2.45) is 14.1 Å². The fourth-order valence-electron chi connectivity index (χ4n) is 4.53. The van der Waals surface area contributed by atoms with Crippen LogP contribution in [0, 0.1) is 6.92 Å². The van der Waals surface area contributed by atoms with E-state index in [9.17, 15) is 9.59 Å². The molecule has 0 fully saturated rings. The molecule has 0 aliphatic carbocycles. The molecular weight excluding hydrogens is 406 g/mol. The van der Waals surface area contributed by atoms with Crippen LogP contribution in [0.15, 0.2) is 30.5 Å². The fraction of sp³-hybridized carbons (Fsp3) is 0.458. The second kappa shape index (κ2) is 7.69. The predicted octanol–water partition coefficient (Wildman–Crippen LogP) is 3.94. The summed E-state index contributed by atoms with van der Waals surface area (Å²) >= 11 is 0. The second-order valence-corrected chi connectivity index (χ2v) is 9.54. The molecule has 0 N–H and O–H groups in total. The van der Waals surface area contributed by atoms with Crippen LogP contribution >= 0.6 is 0 Å². The van der Waals surface area contributed by atoms with Gasteiger partial charge in [0.15, 0.2) is 5.82 Å². The van der Waals surface area contributed by atoms with Crippen LogP contribution in [-0.4, -0.2) is 44.5 Å². The third-order valence-electron chi connectivity index (χ3n) is 5.75. The molecule has 1 aromatic carbocycles. The lowest BCUT2D eigenvalue weighted by atomic mass is 10.1. The lowest BCUT2D eigenvalue weighted by Crippen LogP contribution is -2.53. The third kappa shape index (κ3) is 3.74. The van der Waals surface area contributed by atoms with Gasteiger partial charge in [0.05, 0.1) is 24.7 Å². The minimum absolute atomic E-state index is 0.0260. The maximum absolute atomic E-state index is 13.6. The highest BCUT2D eigenvalue weighted by molar-refractivity contribution is 6.04. The minimum atomic E-state index is -0.613. The van der Waals surface area contributed by atoms with Gasteiger partial charge in [-0.1, -0.05) is 18.2 Å². The molecule has 0 radical (unpaired) electrons. The van der Waals surface area contributed by atoms with E-state index in [1.54, 1.807) is 21.5 Å². The van der Waals surface area contributed by atoms with Crippen molar-refractivity contribution in [2.45, 2.75) is 52.7 Å². The predicted molar refractivity (Wildman–Crippen MR) is 125 cm³/mol. The van der Waals surface area contributed by atoms with E-state index >= 15 is 0 Å². The molecule has 1 unspecified atom stereocenters. The Labute approximate surface area is 188 Å². The highest BCUT2D eigenvalue weighted by Crippen LogP contribution is 2.39. The zero-order valence-electron chi connectivity index (χ0n) is 19.8. The Hall–Kier alpha value is -3.29. The number of anilines is 2. The molecule has 8 nitrogen and oxygen atoms in total. The topological polar surface area (TPSA) is 72.6 Å². The Morgan fingerprint density at radius 2 is 1.88 bits per heavy atom. The van der Waals surface area contributed by atoms with Gasteiger partial charge in [-0.15, -0.1) is 0 Å². The van der Waals surface area contributed by atoms with Crippen LogP contribution in [0.3, 0.4) is 0 Å². The first-order chi connectivity index (χ1) is 15.0. The fourth-order valence-corrected chi connectivity index (χ4v) is 4.53. The average molecular weight is 438 g/mol. The van der Waals surface area contributed by atoms with Gasteiger partial charge in [0.2, 0.25) is 5.91 Å². The molecule has 0 bridgehead atoms. The zero-order valence-corrected chi connectivity index (χ0v) is 19.8. The molecule has 3 aromatic rings. The van der Waals surface area contributed by atoms with Gasteiger partial charge >= 0.3 is 6.09 Å². The smallest absolute Gasteiger partial charge is 0.415 e. The number of amides is 2. The van der Waals surface area contributed by atoms with Gasteiger partial charge in [0.25, 0.3) is 0 Å². The normalized spacial score (nSPS) is 16.4. The number of benzene rings is 1. The molecule has 4 rings (SSSR count). The Bertz CT molecular complexity index is 1200. The summed E-state index contributed by atoms with van der Waals surface area (Å²) < 4.78 is 9.36. The first kappa shape index (κ1) is 21.9. The van der Waals surface area contributed by atoms with E-state index in [0.29, 0.717) is 23.7 Å². The summed E-state index contributed by atoms with van der Waals surface area (Å²) in [5.41, 5.74) is 2.78. The quantitative estimate of drug-likeness (QED) is 0.609. The number of carbonyl (C=O) groups excluding carboxylic acids is 2. The molecule has 0 saturated carbocycles. The average Bonchev–Trinajstić information content (AvgIpc) is 3.16. The summed E-state index contributed by atoms with van der Waals surface area (Å²) in [6, 6.07) is 7.85. The van der Waals surface area contributed by atoms with Gasteiger partial charge in [-0.3, -0.25) is 19.3 Å². The highest BCUT2D eigenvalue weighted by Gasteiger charge is 2.40. The molecule has 0 saturated heterocycles. The van der Waals surface area contributed by atoms with E-state index < -0.39 is 11.7 Å². The van der Waals surface area contributed by atoms with E-state index in [-0.39, 0.29) is 18.4 Å². The van der Waals surface area contributed by atoms with E-state index in [0.717, 1.165) is 16.5 Å². The molecule has 170 valence electrons. The number of ether oxygens (including phenoxy) is 1. The number of fused-ring (bicyclic) bond motifs is 2. The zero-order chi connectivity index (χ0) is 23.4. The van der Waals surface area contributed by atoms with Crippen LogP contribution in [-0.2, 0) is 30.0 Å². The summed E-state index contributed by atoms with van der Waals surface area (Å²) in [6.45, 7) is 9.67. The Morgan fingerprint density at radius 1 is 1.19 bits per heavy atom. The van der Waals surface area contributed by atoms with Crippen LogP contribution in [0.25, 0.3) is 10.9 Å². The molecule has 32 heavy (non-hydrogen) atoms. The van der Waals surface area contributed by atoms with Crippen LogP contribution in [0.5, 0.6) is 0 Å². The molecular formula is C24H31N5O3. The number of rotatable bonds is 2. The maximum Gasteiger partial charge on any atom is 0.415 e. The SMILES string of the molecule is Cc1nn(C)c2c1N(C(=O)OC(C)(C)C)CC(C)N2C(=O)Cc1cn(C)c2ccccc12. The number of aryl methyl sites for hydroxylation is 3. The van der Waals surface area contributed by atoms with Gasteiger partial charge in [0.1, 0.15) is 11.3 Å². The lowest BCUT2D eigenvalue weighted by molar-refractivity contribution is -0.118. The number of hydrogen-bond acceptors (Lipinski definition) is 4. The van der Waals surface area contributed by atoms with E-state index in [1.807, 2.05) is 76.7 Å². The summed E-state index contributed by atoms with van der Waals surface area (Å²) in [4.78, 5) is 29.9. The molecule has 3 heterocycles. The van der Waals surface area contributed by atoms with E-state index in [2.05, 4.69) is 5.10 Å². The maximum atomic E-state index is 13.6. The number of para-hydroxylation sites is 1. The van der Waals surface area contributed by atoms with Crippen LogP contribution in [0.2, 0.25) is 0 Å². The van der Waals surface area contributed by atoms with Crippen molar-refractivity contribution in [3.63, 3.8) is 0 Å². The monoisotopic (exact) mass is 437 g/mol. The van der Waals surface area contributed by atoms with Crippen molar-refractivity contribution < 1.29 is 14.3 Å². The van der Waals surface area contributed by atoms with Crippen molar-refractivity contribution in [1.29, 1.82) is 0 Å². The first-order valence-electron chi connectivity index (χ1n) is 10.9. The van der Waals surface area contributed by atoms with Crippen molar-refractivity contribution in [1.82, 2.24) is 14.3 Å². The summed E-state index contributed by atoms with van der Waals surface area (Å²) in [5.74, 6) is 0.597. The van der Waals surface area contributed by atoms with Crippen molar-refractivity contribution >= 4 is 34.4 Å². The van der Waals surface area contributed by atoms with Gasteiger partial charge in [-0.05, 0) is 46.2 Å². The third-order valence-corrected chi connectivity index (χ3v) is 5.75. The lowest BCUT2D eigenvalue weighted by Gasteiger charge is -2.40. The Kier molecular flexibility index (Phi) is 5.27. The van der Waals surface area contributed by atoms with Gasteiger partial charge < -0.3 is 9.30 Å². The van der Waals surface area contributed by atoms with E-state index in [4.69, 9.17) is 4.74 Å². The molecule has 1 atom stereocenters. The number of aromatic nitrogens is 3. The number of hydrogen-bond donors (Lipinski definition) is 0. The Balaban J connectivity index is 1.70. The van der Waals surface area contributed by atoms with Crippen molar-refractivity contribution in [3.8, 4) is 0 Å². The molecule has 2 aromatic heterocycles. The number of carbonyl (C=O) groups is 2. The summed E-state index contributed by atoms with van der Waals surface area (Å²) in [6.07, 6.45) is 1.85. The highest BCUT2D eigenvalue weighted by atomic mass is 16.6. The van der Waals surface area contributed by atoms with E-state index in [1.165, 1.54) is 0 Å². The summed E-state index contributed by atoms with van der Waals surface area (Å²) in [5, 5.41) is 5.59. The Morgan fingerprint density at radius 3 is 2.56 bits per heavy atom. The largest absolute Gasteiger partial charge is 0.443 e. The standard InChI is InChI=1S/C24H31N5O3/c1-15-13-28(23(31)32-24(3,4)5)21-16(2)25-27(7)22(21)29(15)20(30)12-17-14-26(6)19-11-9-8-10-18(17)19/h8-11,14-15H,12-13H2,1-7H3. The van der Waals surface area contributed by atoms with Crippen LogP contribution in [0.4, 0.5) is 16.3 Å². The molecule has 2 amide bonds. The van der Waals surface area contributed by atoms with Crippen molar-refractivity contribution in [3.05, 3.63) is 41.7 Å². The molecule has 0 spiro atoms. The summed E-state index contributed by atoms with van der Waals surface area (Å²) in [7, 11) is 3.79. The van der Waals surface area contributed by atoms with Gasteiger partial charge in [0, 0.05) is 31.2 Å². The second-order valence-electron chi connectivity index (χ2n) is 9.54. The number of nitrogens with zero attached hydrogens (tertiary/aromatic N) is 5. The van der Waals surface area contributed by atoms with Crippen LogP contribution in [0.1, 0.15) is 39.0 Å². The molecule has 1 aliphatic heterocycles.